The number of ether oxygens (including phenoxy) is 4. The molecule has 0 heterocycles. The molecule has 0 aromatic carbocycles. The van der Waals surface area contributed by atoms with Gasteiger partial charge in [-0.05, 0) is 141 Å². The van der Waals surface area contributed by atoms with Crippen LogP contribution in [0.3, 0.4) is 0 Å². The Labute approximate surface area is 631 Å². The predicted molar refractivity (Wildman–Crippen MR) is 427 cm³/mol. The summed E-state index contributed by atoms with van der Waals surface area (Å²) in [6.07, 6.45) is 85.7. The second-order valence-electron chi connectivity index (χ2n) is 26.6. The molecule has 104 heavy (non-hydrogen) atoms. The Morgan fingerprint density at radius 3 is 0.808 bits per heavy atom. The number of aliphatic hydroxyl groups excluding tert-OH is 1. The highest BCUT2D eigenvalue weighted by Crippen LogP contribution is 2.45. The van der Waals surface area contributed by atoms with Gasteiger partial charge in [0.05, 0.1) is 26.4 Å². The van der Waals surface area contributed by atoms with Crippen LogP contribution in [0.25, 0.3) is 0 Å². The maximum atomic E-state index is 13.1. The Morgan fingerprint density at radius 2 is 0.500 bits per heavy atom. The maximum Gasteiger partial charge on any atom is 0.472 e. The Kier molecular flexibility index (Phi) is 72.9. The molecule has 0 rings (SSSR count). The summed E-state index contributed by atoms with van der Waals surface area (Å²) < 4.78 is 68.6. The number of hydrogen-bond acceptors (Lipinski definition) is 15. The van der Waals surface area contributed by atoms with Crippen LogP contribution in [0.15, 0.2) is 134 Å². The van der Waals surface area contributed by atoms with E-state index in [1.54, 1.807) is 0 Å². The van der Waals surface area contributed by atoms with E-state index in [4.69, 9.17) is 37.0 Å². The lowest BCUT2D eigenvalue weighted by atomic mass is 10.0. The Morgan fingerprint density at radius 1 is 0.279 bits per heavy atom. The largest absolute Gasteiger partial charge is 0.472 e. The van der Waals surface area contributed by atoms with Gasteiger partial charge in [-0.1, -0.05) is 290 Å². The summed E-state index contributed by atoms with van der Waals surface area (Å²) in [5.74, 6) is -2.26. The van der Waals surface area contributed by atoms with Gasteiger partial charge in [0.1, 0.15) is 19.3 Å². The minimum absolute atomic E-state index is 0.0602. The van der Waals surface area contributed by atoms with Crippen LogP contribution in [0.4, 0.5) is 0 Å². The van der Waals surface area contributed by atoms with Crippen molar-refractivity contribution in [2.24, 2.45) is 0 Å². The van der Waals surface area contributed by atoms with Gasteiger partial charge in [-0.2, -0.15) is 0 Å². The summed E-state index contributed by atoms with van der Waals surface area (Å²) in [5, 5.41) is 10.6. The van der Waals surface area contributed by atoms with Gasteiger partial charge in [0.15, 0.2) is 12.2 Å². The zero-order valence-electron chi connectivity index (χ0n) is 65.2. The minimum Gasteiger partial charge on any atom is -0.462 e. The smallest absolute Gasteiger partial charge is 0.462 e. The first-order chi connectivity index (χ1) is 50.7. The Hall–Kier alpha value is -4.80. The number of aliphatic hydroxyl groups is 1. The van der Waals surface area contributed by atoms with E-state index >= 15 is 0 Å². The number of carbonyl (C=O) groups excluding carboxylic acids is 4. The Bertz CT molecular complexity index is 2490. The van der Waals surface area contributed by atoms with Crippen molar-refractivity contribution in [3.8, 4) is 0 Å². The molecule has 0 aliphatic heterocycles. The van der Waals surface area contributed by atoms with Crippen LogP contribution in [-0.2, 0) is 65.4 Å². The number of hydrogen-bond donors (Lipinski definition) is 3. The van der Waals surface area contributed by atoms with Gasteiger partial charge in [0, 0.05) is 25.7 Å². The second kappa shape index (κ2) is 76.4. The molecule has 5 unspecified atom stereocenters. The molecule has 19 heteroatoms. The lowest BCUT2D eigenvalue weighted by Crippen LogP contribution is -2.30. The van der Waals surface area contributed by atoms with Gasteiger partial charge in [-0.15, -0.1) is 0 Å². The summed E-state index contributed by atoms with van der Waals surface area (Å²) in [6, 6.07) is 0. The number of allylic oxidation sites excluding steroid dienone is 22. The fourth-order valence-corrected chi connectivity index (χ4v) is 12.1. The fraction of sp³-hybridized carbons (Fsp3) is 0.694. The predicted octanol–water partition coefficient (Wildman–Crippen LogP) is 23.7. The van der Waals surface area contributed by atoms with Gasteiger partial charge >= 0.3 is 39.5 Å². The highest BCUT2D eigenvalue weighted by Gasteiger charge is 2.30. The molecule has 0 fully saturated rings. The normalized spacial score (nSPS) is 14.6. The van der Waals surface area contributed by atoms with E-state index in [1.807, 2.05) is 0 Å². The molecule has 0 aliphatic carbocycles. The summed E-state index contributed by atoms with van der Waals surface area (Å²) >= 11 is 0. The third kappa shape index (κ3) is 75.4. The lowest BCUT2D eigenvalue weighted by molar-refractivity contribution is -0.161. The molecule has 5 atom stereocenters. The number of phosphoric ester groups is 2. The molecule has 0 aliphatic rings. The average Bonchev–Trinajstić information content (AvgIpc) is 0.917. The van der Waals surface area contributed by atoms with Gasteiger partial charge in [-0.3, -0.25) is 37.3 Å². The third-order valence-electron chi connectivity index (χ3n) is 16.6. The minimum atomic E-state index is -4.99. The highest BCUT2D eigenvalue weighted by molar-refractivity contribution is 7.47. The molecule has 3 N–H and O–H groups in total. The lowest BCUT2D eigenvalue weighted by Gasteiger charge is -2.21. The maximum absolute atomic E-state index is 13.1. The van der Waals surface area contributed by atoms with E-state index in [0.29, 0.717) is 25.7 Å². The van der Waals surface area contributed by atoms with E-state index in [9.17, 15) is 43.2 Å². The van der Waals surface area contributed by atoms with E-state index in [2.05, 4.69) is 161 Å². The van der Waals surface area contributed by atoms with Crippen LogP contribution in [-0.4, -0.2) is 96.7 Å². The van der Waals surface area contributed by atoms with Crippen LogP contribution in [0, 0.1) is 0 Å². The SMILES string of the molecule is CC/C=C\C/C=C\C/C=C\C/C=C\CCCCCCC(=O)OC(COC(=O)CCCCCCCC/C=C\C/C=C\C/C=C\CCCCC)COP(=O)(O)OCC(O)COP(=O)(O)OCC(COC(=O)CCCC/C=C\C/C=C\C/C=C\C/C=C\CC)OC(=O)CCCCCCCCCCCCCCC. The van der Waals surface area contributed by atoms with Gasteiger partial charge in [-0.25, -0.2) is 9.13 Å². The first-order valence-electron chi connectivity index (χ1n) is 40.4. The summed E-state index contributed by atoms with van der Waals surface area (Å²) in [6.45, 7) is 4.55. The standard InChI is InChI=1S/C85H144O17P2/c1-5-9-13-17-21-25-29-33-36-38-39-41-43-47-50-54-58-62-66-70-83(88)96-76-81(102-85(90)72-68-64-60-56-52-48-44-40-37-34-30-26-22-18-14-10-6-2)78-100-104(93,94)98-74-79(86)73-97-103(91,92)99-77-80(101-84(89)71-67-63-59-55-51-45-32-28-24-20-16-12-8-4)75-95-82(87)69-65-61-57-53-49-46-42-35-31-27-23-19-15-11-7-3/h10-11,14-15,21-23,25-27,33-37,39,41-42,44,48-49,53,79-81,86H,5-9,12-13,16-20,24,28-32,38,40,43,45-47,50-52,54-78H2,1-4H3,(H,91,92)(H,93,94)/b14-10-,15-11-,25-21-,26-22-,27-23-,36-33-,37-34-,41-39-,42-35-,48-44-,53-49-. The van der Waals surface area contributed by atoms with Gasteiger partial charge < -0.3 is 33.8 Å². The van der Waals surface area contributed by atoms with Crippen molar-refractivity contribution in [3.63, 3.8) is 0 Å². The molecule has 0 radical (unpaired) electrons. The molecule has 596 valence electrons. The molecule has 0 amide bonds. The molecular weight excluding hydrogens is 1350 g/mol. The van der Waals surface area contributed by atoms with Crippen molar-refractivity contribution in [1.82, 2.24) is 0 Å². The number of carbonyl (C=O) groups is 4. The molecule has 0 aromatic rings. The highest BCUT2D eigenvalue weighted by atomic mass is 31.2. The van der Waals surface area contributed by atoms with Crippen LogP contribution < -0.4 is 0 Å². The molecule has 0 aromatic heterocycles. The molecule has 17 nitrogen and oxygen atoms in total. The van der Waals surface area contributed by atoms with Crippen LogP contribution >= 0.6 is 15.6 Å². The second-order valence-corrected chi connectivity index (χ2v) is 29.5. The molecule has 0 saturated carbocycles. The van der Waals surface area contributed by atoms with Gasteiger partial charge in [0.25, 0.3) is 0 Å². The van der Waals surface area contributed by atoms with Crippen LogP contribution in [0.1, 0.15) is 323 Å². The van der Waals surface area contributed by atoms with Crippen molar-refractivity contribution in [1.29, 1.82) is 0 Å². The van der Waals surface area contributed by atoms with Gasteiger partial charge in [0.2, 0.25) is 0 Å². The first kappa shape index (κ1) is 99.2. The monoisotopic (exact) mass is 1500 g/mol. The Balaban J connectivity index is 5.42. The number of phosphoric acid groups is 2. The topological polar surface area (TPSA) is 237 Å². The van der Waals surface area contributed by atoms with Crippen LogP contribution in [0.2, 0.25) is 0 Å². The van der Waals surface area contributed by atoms with Crippen molar-refractivity contribution in [2.45, 2.75) is 341 Å². The third-order valence-corrected chi connectivity index (χ3v) is 18.5. The van der Waals surface area contributed by atoms with E-state index < -0.39 is 97.5 Å². The molecule has 0 saturated heterocycles. The molecule has 0 spiro atoms. The van der Waals surface area contributed by atoms with Crippen molar-refractivity contribution in [2.75, 3.05) is 39.6 Å². The summed E-state index contributed by atoms with van der Waals surface area (Å²) in [5.41, 5.74) is 0. The average molecular weight is 1500 g/mol. The zero-order chi connectivity index (χ0) is 76.0. The number of esters is 4. The van der Waals surface area contributed by atoms with E-state index in [0.717, 1.165) is 173 Å². The van der Waals surface area contributed by atoms with E-state index in [1.165, 1.54) is 70.6 Å². The van der Waals surface area contributed by atoms with Crippen molar-refractivity contribution < 1.29 is 80.2 Å². The number of unbranched alkanes of at least 4 members (excludes halogenated alkanes) is 27. The molecular formula is C85H144O17P2. The van der Waals surface area contributed by atoms with Crippen LogP contribution in [0.5, 0.6) is 0 Å². The summed E-state index contributed by atoms with van der Waals surface area (Å²) in [7, 11) is -9.98. The quantitative estimate of drug-likeness (QED) is 0.0169. The molecule has 0 bridgehead atoms. The zero-order valence-corrected chi connectivity index (χ0v) is 66.9. The van der Waals surface area contributed by atoms with E-state index in [-0.39, 0.29) is 25.7 Å². The summed E-state index contributed by atoms with van der Waals surface area (Å²) in [4.78, 5) is 73.0. The fourth-order valence-electron chi connectivity index (χ4n) is 10.5. The van der Waals surface area contributed by atoms with Crippen molar-refractivity contribution >= 4 is 39.5 Å². The van der Waals surface area contributed by atoms with Crippen molar-refractivity contribution in [3.05, 3.63) is 134 Å². The number of rotatable bonds is 75. The first-order valence-corrected chi connectivity index (χ1v) is 43.4.